The average molecular weight is 351 g/mol. The molecule has 1 amide bonds. The molecule has 2 aromatic rings. The number of aliphatic hydroxyl groups is 1. The van der Waals surface area contributed by atoms with Crippen molar-refractivity contribution < 1.29 is 9.90 Å². The van der Waals surface area contributed by atoms with E-state index >= 15 is 0 Å². The van der Waals surface area contributed by atoms with Gasteiger partial charge in [0.2, 0.25) is 0 Å². The number of nitrogens with zero attached hydrogens (tertiary/aromatic N) is 4. The van der Waals surface area contributed by atoms with E-state index in [1.165, 1.54) is 4.68 Å². The monoisotopic (exact) mass is 351 g/mol. The van der Waals surface area contributed by atoms with Crippen LogP contribution in [0.25, 0.3) is 11.3 Å². The van der Waals surface area contributed by atoms with Crippen LogP contribution in [0.2, 0.25) is 0 Å². The molecule has 0 spiro atoms. The molecule has 134 valence electrons. The molecule has 26 heavy (non-hydrogen) atoms. The van der Waals surface area contributed by atoms with Gasteiger partial charge < -0.3 is 10.4 Å². The van der Waals surface area contributed by atoms with Gasteiger partial charge in [-0.3, -0.25) is 9.48 Å². The second kappa shape index (κ2) is 7.38. The summed E-state index contributed by atoms with van der Waals surface area (Å²) in [4.78, 5) is 12.7. The lowest BCUT2D eigenvalue weighted by Gasteiger charge is -2.18. The Morgan fingerprint density at radius 1 is 1.27 bits per heavy atom. The van der Waals surface area contributed by atoms with E-state index in [0.717, 1.165) is 0 Å². The van der Waals surface area contributed by atoms with Gasteiger partial charge in [0.1, 0.15) is 23.0 Å². The summed E-state index contributed by atoms with van der Waals surface area (Å²) in [6.45, 7) is 6.94. The number of carbonyl (C=O) groups excluding carboxylic acids is 1. The Hall–Kier alpha value is -3.16. The maximum Gasteiger partial charge on any atom is 0.271 e. The second-order valence-electron chi connectivity index (χ2n) is 6.91. The number of aromatic nitrogens is 2. The van der Waals surface area contributed by atoms with Crippen LogP contribution in [-0.4, -0.2) is 32.9 Å². The van der Waals surface area contributed by atoms with Crippen LogP contribution in [0.5, 0.6) is 0 Å². The second-order valence-corrected chi connectivity index (χ2v) is 6.91. The largest absolute Gasteiger partial charge is 0.389 e. The van der Waals surface area contributed by atoms with E-state index in [2.05, 4.69) is 16.5 Å². The third kappa shape index (κ3) is 4.08. The maximum absolute atomic E-state index is 12.7. The standard InChI is InChI=1S/C19H21N5O2/c1-12(2)24-17(18(25)22-11-19(3,4)26)15(10-21)16(23-24)14-7-5-13(9-20)6-8-14/h5-8,12,26H,11H2,1-4H3,(H,22,25). The molecule has 0 unspecified atom stereocenters. The van der Waals surface area contributed by atoms with Gasteiger partial charge in [-0.05, 0) is 39.8 Å². The van der Waals surface area contributed by atoms with Crippen LogP contribution < -0.4 is 5.32 Å². The quantitative estimate of drug-likeness (QED) is 0.858. The van der Waals surface area contributed by atoms with Crippen molar-refractivity contribution >= 4 is 5.91 Å². The summed E-state index contributed by atoms with van der Waals surface area (Å²) < 4.78 is 1.51. The van der Waals surface area contributed by atoms with E-state index in [1.54, 1.807) is 38.1 Å². The summed E-state index contributed by atoms with van der Waals surface area (Å²) in [7, 11) is 0. The minimum absolute atomic E-state index is 0.0478. The van der Waals surface area contributed by atoms with Crippen LogP contribution in [0.3, 0.4) is 0 Å². The van der Waals surface area contributed by atoms with Gasteiger partial charge in [-0.25, -0.2) is 0 Å². The molecule has 0 aliphatic carbocycles. The Bertz CT molecular complexity index is 890. The third-order valence-electron chi connectivity index (χ3n) is 3.70. The normalized spacial score (nSPS) is 11.1. The van der Waals surface area contributed by atoms with E-state index in [0.29, 0.717) is 16.8 Å². The van der Waals surface area contributed by atoms with Crippen molar-refractivity contribution in [2.45, 2.75) is 39.3 Å². The lowest BCUT2D eigenvalue weighted by Crippen LogP contribution is -2.39. The number of carbonyl (C=O) groups is 1. The summed E-state index contributed by atoms with van der Waals surface area (Å²) in [5.74, 6) is -0.468. The van der Waals surface area contributed by atoms with Crippen molar-refractivity contribution in [2.24, 2.45) is 0 Å². The van der Waals surface area contributed by atoms with Crippen LogP contribution in [0.15, 0.2) is 24.3 Å². The molecule has 7 nitrogen and oxygen atoms in total. The van der Waals surface area contributed by atoms with Crippen LogP contribution in [0.4, 0.5) is 0 Å². The Balaban J connectivity index is 2.54. The molecular weight excluding hydrogens is 330 g/mol. The van der Waals surface area contributed by atoms with Gasteiger partial charge in [0, 0.05) is 18.2 Å². The molecule has 0 aliphatic heterocycles. The number of hydrogen-bond acceptors (Lipinski definition) is 5. The zero-order valence-corrected chi connectivity index (χ0v) is 15.2. The van der Waals surface area contributed by atoms with Gasteiger partial charge in [0.25, 0.3) is 5.91 Å². The van der Waals surface area contributed by atoms with E-state index in [4.69, 9.17) is 5.26 Å². The SMILES string of the molecule is CC(C)n1nc(-c2ccc(C#N)cc2)c(C#N)c1C(=O)NCC(C)(C)O. The molecule has 0 bridgehead atoms. The summed E-state index contributed by atoms with van der Waals surface area (Å²) in [6, 6.07) is 10.6. The summed E-state index contributed by atoms with van der Waals surface area (Å²) in [5.41, 5.74) is 0.790. The first-order chi connectivity index (χ1) is 12.2. The molecule has 0 saturated carbocycles. The first-order valence-electron chi connectivity index (χ1n) is 8.21. The molecule has 0 fully saturated rings. The minimum atomic E-state index is -1.07. The number of hydrogen-bond donors (Lipinski definition) is 2. The minimum Gasteiger partial charge on any atom is -0.389 e. The highest BCUT2D eigenvalue weighted by molar-refractivity contribution is 5.97. The van der Waals surface area contributed by atoms with Gasteiger partial charge in [0.15, 0.2) is 0 Å². The number of amides is 1. The molecule has 0 radical (unpaired) electrons. The van der Waals surface area contributed by atoms with E-state index < -0.39 is 11.5 Å². The topological polar surface area (TPSA) is 115 Å². The van der Waals surface area contributed by atoms with Crippen LogP contribution in [-0.2, 0) is 0 Å². The van der Waals surface area contributed by atoms with Gasteiger partial charge in [0.05, 0.1) is 17.2 Å². The molecule has 1 aromatic heterocycles. The highest BCUT2D eigenvalue weighted by atomic mass is 16.3. The van der Waals surface area contributed by atoms with Crippen molar-refractivity contribution in [3.05, 3.63) is 41.1 Å². The molecule has 1 aromatic carbocycles. The van der Waals surface area contributed by atoms with Crippen LogP contribution in [0.1, 0.15) is 55.4 Å². The van der Waals surface area contributed by atoms with E-state index in [-0.39, 0.29) is 23.8 Å². The number of rotatable bonds is 5. The average Bonchev–Trinajstić information content (AvgIpc) is 2.99. The third-order valence-corrected chi connectivity index (χ3v) is 3.70. The summed E-state index contributed by atoms with van der Waals surface area (Å²) in [5, 5.41) is 35.5. The summed E-state index contributed by atoms with van der Waals surface area (Å²) >= 11 is 0. The number of benzene rings is 1. The molecule has 7 heteroatoms. The Morgan fingerprint density at radius 2 is 1.88 bits per heavy atom. The first-order valence-corrected chi connectivity index (χ1v) is 8.21. The highest BCUT2D eigenvalue weighted by Crippen LogP contribution is 2.27. The molecule has 2 rings (SSSR count). The molecule has 0 saturated heterocycles. The van der Waals surface area contributed by atoms with Gasteiger partial charge in [-0.15, -0.1) is 0 Å². The lowest BCUT2D eigenvalue weighted by molar-refractivity contribution is 0.0688. The van der Waals surface area contributed by atoms with E-state index in [1.807, 2.05) is 19.9 Å². The predicted octanol–water partition coefficient (Wildman–Crippen LogP) is 2.38. The zero-order valence-electron chi connectivity index (χ0n) is 15.2. The Kier molecular flexibility index (Phi) is 5.44. The van der Waals surface area contributed by atoms with Gasteiger partial charge in [-0.2, -0.15) is 15.6 Å². The van der Waals surface area contributed by atoms with E-state index in [9.17, 15) is 15.2 Å². The molecule has 0 atom stereocenters. The van der Waals surface area contributed by atoms with Crippen LogP contribution >= 0.6 is 0 Å². The maximum atomic E-state index is 12.7. The molecule has 0 aliphatic rings. The van der Waals surface area contributed by atoms with Crippen molar-refractivity contribution in [3.8, 4) is 23.4 Å². The molecule has 1 heterocycles. The van der Waals surface area contributed by atoms with Crippen molar-refractivity contribution in [1.29, 1.82) is 10.5 Å². The fraction of sp³-hybridized carbons (Fsp3) is 0.368. The Labute approximate surface area is 152 Å². The fourth-order valence-electron chi connectivity index (χ4n) is 2.42. The number of nitriles is 2. The number of nitrogens with one attached hydrogen (secondary N) is 1. The smallest absolute Gasteiger partial charge is 0.271 e. The fourth-order valence-corrected chi connectivity index (χ4v) is 2.42. The molecular formula is C19H21N5O2. The highest BCUT2D eigenvalue weighted by Gasteiger charge is 2.26. The van der Waals surface area contributed by atoms with Crippen molar-refractivity contribution in [1.82, 2.24) is 15.1 Å². The molecule has 2 N–H and O–H groups in total. The summed E-state index contributed by atoms with van der Waals surface area (Å²) in [6.07, 6.45) is 0. The Morgan fingerprint density at radius 3 is 2.35 bits per heavy atom. The van der Waals surface area contributed by atoms with Gasteiger partial charge >= 0.3 is 0 Å². The predicted molar refractivity (Wildman–Crippen MR) is 96.1 cm³/mol. The van der Waals surface area contributed by atoms with Crippen LogP contribution in [0, 0.1) is 22.7 Å². The zero-order chi connectivity index (χ0) is 19.5. The van der Waals surface area contributed by atoms with Crippen molar-refractivity contribution in [2.75, 3.05) is 6.54 Å². The van der Waals surface area contributed by atoms with Crippen molar-refractivity contribution in [3.63, 3.8) is 0 Å². The lowest BCUT2D eigenvalue weighted by atomic mass is 10.0. The van der Waals surface area contributed by atoms with Gasteiger partial charge in [-0.1, -0.05) is 12.1 Å². The first kappa shape index (κ1) is 19.2.